The Kier molecular flexibility index (Phi) is 3.64. The van der Waals surface area contributed by atoms with E-state index in [1.54, 1.807) is 4.90 Å². The van der Waals surface area contributed by atoms with Crippen molar-refractivity contribution in [2.24, 2.45) is 0 Å². The predicted molar refractivity (Wildman–Crippen MR) is 65.2 cm³/mol. The highest BCUT2D eigenvalue weighted by molar-refractivity contribution is 5.95. The average molecular weight is 235 g/mol. The van der Waals surface area contributed by atoms with Crippen LogP contribution in [0.3, 0.4) is 0 Å². The summed E-state index contributed by atoms with van der Waals surface area (Å²) >= 11 is 0. The van der Waals surface area contributed by atoms with Gasteiger partial charge in [-0.05, 0) is 25.5 Å². The van der Waals surface area contributed by atoms with E-state index in [-0.39, 0.29) is 12.3 Å². The predicted octanol–water partition coefficient (Wildman–Crippen LogP) is 1.57. The highest BCUT2D eigenvalue weighted by Gasteiger charge is 2.26. The Morgan fingerprint density at radius 2 is 2.24 bits per heavy atom. The molecule has 1 aromatic carbocycles. The van der Waals surface area contributed by atoms with Crippen molar-refractivity contribution in [2.45, 2.75) is 25.9 Å². The quantitative estimate of drug-likeness (QED) is 0.865. The Morgan fingerprint density at radius 1 is 1.47 bits per heavy atom. The fourth-order valence-corrected chi connectivity index (χ4v) is 2.03. The number of anilines is 1. The van der Waals surface area contributed by atoms with Gasteiger partial charge in [-0.25, -0.2) is 0 Å². The Labute approximate surface area is 101 Å². The number of nitrogens with zero attached hydrogens (tertiary/aromatic N) is 1. The molecule has 1 aromatic rings. The topological polar surface area (TPSA) is 49.8 Å². The molecule has 0 saturated carbocycles. The Bertz CT molecular complexity index is 405. The number of aliphatic hydroxyl groups excluding tert-OH is 1. The van der Waals surface area contributed by atoms with Crippen LogP contribution < -0.4 is 9.64 Å². The zero-order valence-corrected chi connectivity index (χ0v) is 9.93. The van der Waals surface area contributed by atoms with Gasteiger partial charge in [-0.2, -0.15) is 0 Å². The van der Waals surface area contributed by atoms with Crippen LogP contribution >= 0.6 is 0 Å². The molecule has 1 atom stereocenters. The van der Waals surface area contributed by atoms with E-state index in [9.17, 15) is 9.90 Å². The molecular weight excluding hydrogens is 218 g/mol. The van der Waals surface area contributed by atoms with E-state index in [2.05, 4.69) is 0 Å². The van der Waals surface area contributed by atoms with Gasteiger partial charge in [0, 0.05) is 6.54 Å². The molecule has 17 heavy (non-hydrogen) atoms. The summed E-state index contributed by atoms with van der Waals surface area (Å²) in [7, 11) is 0. The number of piperidine rings is 1. The minimum Gasteiger partial charge on any atom is -0.492 e. The molecule has 1 heterocycles. The fraction of sp³-hybridized carbons (Fsp3) is 0.462. The highest BCUT2D eigenvalue weighted by atomic mass is 16.5. The number of carbonyl (C=O) groups is 1. The summed E-state index contributed by atoms with van der Waals surface area (Å²) in [6.45, 7) is 3.03. The summed E-state index contributed by atoms with van der Waals surface area (Å²) < 4.78 is 5.51. The monoisotopic (exact) mass is 235 g/mol. The van der Waals surface area contributed by atoms with E-state index in [1.165, 1.54) is 0 Å². The number of aliphatic hydroxyl groups is 1. The van der Waals surface area contributed by atoms with Gasteiger partial charge in [-0.3, -0.25) is 4.79 Å². The van der Waals surface area contributed by atoms with E-state index >= 15 is 0 Å². The van der Waals surface area contributed by atoms with E-state index < -0.39 is 6.10 Å². The first kappa shape index (κ1) is 11.9. The van der Waals surface area contributed by atoms with Crippen LogP contribution in [-0.2, 0) is 4.79 Å². The molecule has 92 valence electrons. The smallest absolute Gasteiger partial charge is 0.229 e. The van der Waals surface area contributed by atoms with Crippen LogP contribution in [0.5, 0.6) is 5.75 Å². The largest absolute Gasteiger partial charge is 0.492 e. The maximum Gasteiger partial charge on any atom is 0.229 e. The van der Waals surface area contributed by atoms with Crippen molar-refractivity contribution in [1.29, 1.82) is 0 Å². The van der Waals surface area contributed by atoms with E-state index in [4.69, 9.17) is 4.74 Å². The van der Waals surface area contributed by atoms with Crippen LogP contribution in [0.25, 0.3) is 0 Å². The summed E-state index contributed by atoms with van der Waals surface area (Å²) in [5.41, 5.74) is 0.797. The maximum absolute atomic E-state index is 11.9. The molecule has 0 radical (unpaired) electrons. The van der Waals surface area contributed by atoms with Crippen LogP contribution in [0.15, 0.2) is 24.3 Å². The van der Waals surface area contributed by atoms with E-state index in [0.717, 1.165) is 11.4 Å². The lowest BCUT2D eigenvalue weighted by molar-refractivity contribution is -0.122. The van der Waals surface area contributed by atoms with Crippen molar-refractivity contribution >= 4 is 11.6 Å². The summed E-state index contributed by atoms with van der Waals surface area (Å²) in [6.07, 6.45) is 0.310. The second-order valence-corrected chi connectivity index (χ2v) is 4.09. The second kappa shape index (κ2) is 5.19. The van der Waals surface area contributed by atoms with Crippen LogP contribution in [0.2, 0.25) is 0 Å². The summed E-state index contributed by atoms with van der Waals surface area (Å²) in [5, 5.41) is 9.44. The SMILES string of the molecule is CCOc1ccccc1N1CCC(O)CC1=O. The number of benzene rings is 1. The van der Waals surface area contributed by atoms with Gasteiger partial charge in [0.15, 0.2) is 0 Å². The first-order chi connectivity index (χ1) is 8.22. The number of rotatable bonds is 3. The minimum atomic E-state index is -0.502. The molecule has 0 spiro atoms. The molecular formula is C13H17NO3. The van der Waals surface area contributed by atoms with Crippen LogP contribution in [-0.4, -0.2) is 30.3 Å². The van der Waals surface area contributed by atoms with Gasteiger partial charge in [-0.1, -0.05) is 12.1 Å². The molecule has 1 aliphatic heterocycles. The van der Waals surface area contributed by atoms with Crippen molar-refractivity contribution in [3.63, 3.8) is 0 Å². The van der Waals surface area contributed by atoms with Gasteiger partial charge in [0.05, 0.1) is 24.8 Å². The third-order valence-corrected chi connectivity index (χ3v) is 2.85. The number of para-hydroxylation sites is 2. The average Bonchev–Trinajstić information content (AvgIpc) is 2.31. The maximum atomic E-state index is 11.9. The standard InChI is InChI=1S/C13H17NO3/c1-2-17-12-6-4-3-5-11(12)14-8-7-10(15)9-13(14)16/h3-6,10,15H,2,7-9H2,1H3. The van der Waals surface area contributed by atoms with Crippen molar-refractivity contribution in [3.05, 3.63) is 24.3 Å². The molecule has 0 aromatic heterocycles. The Morgan fingerprint density at radius 3 is 2.94 bits per heavy atom. The van der Waals surface area contributed by atoms with Crippen molar-refractivity contribution in [2.75, 3.05) is 18.1 Å². The van der Waals surface area contributed by atoms with Gasteiger partial charge >= 0.3 is 0 Å². The van der Waals surface area contributed by atoms with Gasteiger partial charge < -0.3 is 14.7 Å². The van der Waals surface area contributed by atoms with E-state index in [0.29, 0.717) is 19.6 Å². The van der Waals surface area contributed by atoms with Gasteiger partial charge in [0.1, 0.15) is 5.75 Å². The number of hydrogen-bond acceptors (Lipinski definition) is 3. The molecule has 0 bridgehead atoms. The molecule has 1 N–H and O–H groups in total. The van der Waals surface area contributed by atoms with Crippen molar-refractivity contribution in [3.8, 4) is 5.75 Å². The Hall–Kier alpha value is -1.55. The number of carbonyl (C=O) groups excluding carboxylic acids is 1. The van der Waals surface area contributed by atoms with Crippen molar-refractivity contribution < 1.29 is 14.6 Å². The highest BCUT2D eigenvalue weighted by Crippen LogP contribution is 2.30. The van der Waals surface area contributed by atoms with Crippen molar-refractivity contribution in [1.82, 2.24) is 0 Å². The molecule has 0 aliphatic carbocycles. The molecule has 1 fully saturated rings. The second-order valence-electron chi connectivity index (χ2n) is 4.09. The fourth-order valence-electron chi connectivity index (χ4n) is 2.03. The van der Waals surface area contributed by atoms with Gasteiger partial charge in [0.25, 0.3) is 0 Å². The zero-order valence-electron chi connectivity index (χ0n) is 9.93. The number of hydrogen-bond donors (Lipinski definition) is 1. The third kappa shape index (κ3) is 2.58. The normalized spacial score (nSPS) is 20.5. The summed E-state index contributed by atoms with van der Waals surface area (Å²) in [4.78, 5) is 13.6. The minimum absolute atomic E-state index is 0.0455. The lowest BCUT2D eigenvalue weighted by Crippen LogP contribution is -2.41. The van der Waals surface area contributed by atoms with Crippen LogP contribution in [0, 0.1) is 0 Å². The third-order valence-electron chi connectivity index (χ3n) is 2.85. The molecule has 1 amide bonds. The zero-order chi connectivity index (χ0) is 12.3. The summed E-state index contributed by atoms with van der Waals surface area (Å²) in [5.74, 6) is 0.677. The van der Waals surface area contributed by atoms with E-state index in [1.807, 2.05) is 31.2 Å². The number of amides is 1. The first-order valence-electron chi connectivity index (χ1n) is 5.92. The molecule has 4 nitrogen and oxygen atoms in total. The van der Waals surface area contributed by atoms with Gasteiger partial charge in [0.2, 0.25) is 5.91 Å². The lowest BCUT2D eigenvalue weighted by Gasteiger charge is -2.30. The molecule has 1 unspecified atom stereocenters. The number of ether oxygens (including phenoxy) is 1. The molecule has 2 rings (SSSR count). The van der Waals surface area contributed by atoms with Crippen LogP contribution in [0.4, 0.5) is 5.69 Å². The van der Waals surface area contributed by atoms with Crippen LogP contribution in [0.1, 0.15) is 19.8 Å². The molecule has 1 aliphatic rings. The summed E-state index contributed by atoms with van der Waals surface area (Å²) in [6, 6.07) is 7.51. The van der Waals surface area contributed by atoms with Gasteiger partial charge in [-0.15, -0.1) is 0 Å². The molecule has 4 heteroatoms. The lowest BCUT2D eigenvalue weighted by atomic mass is 10.1. The Balaban J connectivity index is 2.24. The molecule has 1 saturated heterocycles. The first-order valence-corrected chi connectivity index (χ1v) is 5.92.